The number of nitrogens with two attached hydrogens (primary N) is 1. The van der Waals surface area contributed by atoms with E-state index in [1.807, 2.05) is 7.05 Å². The van der Waals surface area contributed by atoms with Gasteiger partial charge in [-0.25, -0.2) is 0 Å². The van der Waals surface area contributed by atoms with Crippen LogP contribution < -0.4 is 15.8 Å². The van der Waals surface area contributed by atoms with Crippen LogP contribution in [0, 0.1) is 19.8 Å². The number of hydrogen-bond donors (Lipinski definition) is 2. The Morgan fingerprint density at radius 1 is 1.29 bits per heavy atom. The Labute approximate surface area is 104 Å². The van der Waals surface area contributed by atoms with Crippen molar-refractivity contribution >= 4 is 0 Å². The van der Waals surface area contributed by atoms with E-state index in [0.29, 0.717) is 12.5 Å². The molecule has 0 fully saturated rings. The molecule has 2 unspecified atom stereocenters. The van der Waals surface area contributed by atoms with Crippen LogP contribution in [-0.2, 0) is 0 Å². The molecule has 0 aliphatic carbocycles. The minimum atomic E-state index is 0.231. The Morgan fingerprint density at radius 2 is 1.88 bits per heavy atom. The number of nitrogens with one attached hydrogen (secondary N) is 1. The number of hydrogen-bond acceptors (Lipinski definition) is 3. The smallest absolute Gasteiger partial charge is 0.123 e. The number of ether oxygens (including phenoxy) is 1. The summed E-state index contributed by atoms with van der Waals surface area (Å²) in [5, 5.41) is 3.33. The normalized spacial score (nSPS) is 14.5. The number of rotatable bonds is 5. The quantitative estimate of drug-likeness (QED) is 0.823. The summed E-state index contributed by atoms with van der Waals surface area (Å²) in [5.74, 6) is 1.31. The van der Waals surface area contributed by atoms with Gasteiger partial charge in [-0.15, -0.1) is 0 Å². The topological polar surface area (TPSA) is 47.3 Å². The van der Waals surface area contributed by atoms with Crippen LogP contribution in [0.4, 0.5) is 0 Å². The van der Waals surface area contributed by atoms with Gasteiger partial charge in [-0.3, -0.25) is 0 Å². The lowest BCUT2D eigenvalue weighted by atomic mass is 9.91. The van der Waals surface area contributed by atoms with E-state index in [4.69, 9.17) is 10.5 Å². The van der Waals surface area contributed by atoms with Crippen molar-refractivity contribution in [1.29, 1.82) is 0 Å². The fraction of sp³-hybridized carbons (Fsp3) is 0.571. The Hall–Kier alpha value is -1.06. The third-order valence-electron chi connectivity index (χ3n) is 3.43. The van der Waals surface area contributed by atoms with Gasteiger partial charge in [0.2, 0.25) is 0 Å². The van der Waals surface area contributed by atoms with E-state index in [1.54, 1.807) is 7.11 Å². The second kappa shape index (κ2) is 6.03. The summed E-state index contributed by atoms with van der Waals surface area (Å²) in [4.78, 5) is 0. The molecule has 0 saturated carbocycles. The first-order valence-electron chi connectivity index (χ1n) is 6.07. The maximum absolute atomic E-state index is 5.76. The van der Waals surface area contributed by atoms with E-state index < -0.39 is 0 Å². The lowest BCUT2D eigenvalue weighted by Crippen LogP contribution is -2.29. The summed E-state index contributed by atoms with van der Waals surface area (Å²) >= 11 is 0. The SMILES string of the molecule is CNC(c1cc(C)c(C)cc1OC)C(C)CN. The Bertz CT molecular complexity index is 377. The maximum Gasteiger partial charge on any atom is 0.123 e. The van der Waals surface area contributed by atoms with Crippen LogP contribution in [0.25, 0.3) is 0 Å². The molecule has 1 aromatic carbocycles. The number of benzene rings is 1. The van der Waals surface area contributed by atoms with Crippen molar-refractivity contribution in [2.75, 3.05) is 20.7 Å². The average molecular weight is 236 g/mol. The van der Waals surface area contributed by atoms with Crippen molar-refractivity contribution in [2.45, 2.75) is 26.8 Å². The highest BCUT2D eigenvalue weighted by atomic mass is 16.5. The van der Waals surface area contributed by atoms with Crippen LogP contribution in [0.2, 0.25) is 0 Å². The van der Waals surface area contributed by atoms with Gasteiger partial charge >= 0.3 is 0 Å². The summed E-state index contributed by atoms with van der Waals surface area (Å²) in [6.07, 6.45) is 0. The molecule has 1 rings (SSSR count). The monoisotopic (exact) mass is 236 g/mol. The lowest BCUT2D eigenvalue weighted by Gasteiger charge is -2.25. The van der Waals surface area contributed by atoms with Crippen molar-refractivity contribution in [3.8, 4) is 5.75 Å². The summed E-state index contributed by atoms with van der Waals surface area (Å²) < 4.78 is 5.48. The van der Waals surface area contributed by atoms with Gasteiger partial charge in [0.15, 0.2) is 0 Å². The molecule has 0 aromatic heterocycles. The lowest BCUT2D eigenvalue weighted by molar-refractivity contribution is 0.373. The highest BCUT2D eigenvalue weighted by Gasteiger charge is 2.20. The van der Waals surface area contributed by atoms with Gasteiger partial charge in [0.05, 0.1) is 7.11 Å². The molecule has 3 heteroatoms. The molecule has 0 aliphatic heterocycles. The molecule has 1 aromatic rings. The number of aryl methyl sites for hydroxylation is 2. The molecule has 2 atom stereocenters. The van der Waals surface area contributed by atoms with Crippen molar-refractivity contribution in [3.05, 3.63) is 28.8 Å². The average Bonchev–Trinajstić information content (AvgIpc) is 2.33. The second-order valence-corrected chi connectivity index (χ2v) is 4.66. The largest absolute Gasteiger partial charge is 0.496 e. The summed E-state index contributed by atoms with van der Waals surface area (Å²) in [6, 6.07) is 4.52. The van der Waals surface area contributed by atoms with Gasteiger partial charge in [0, 0.05) is 11.6 Å². The van der Waals surface area contributed by atoms with Crippen molar-refractivity contribution in [3.63, 3.8) is 0 Å². The molecule has 3 nitrogen and oxygen atoms in total. The molecule has 3 N–H and O–H groups in total. The predicted molar refractivity (Wildman–Crippen MR) is 72.5 cm³/mol. The molecular weight excluding hydrogens is 212 g/mol. The van der Waals surface area contributed by atoms with E-state index >= 15 is 0 Å². The van der Waals surface area contributed by atoms with Gasteiger partial charge in [-0.1, -0.05) is 13.0 Å². The third kappa shape index (κ3) is 2.99. The van der Waals surface area contributed by atoms with Crippen LogP contribution in [0.15, 0.2) is 12.1 Å². The second-order valence-electron chi connectivity index (χ2n) is 4.66. The Morgan fingerprint density at radius 3 is 2.35 bits per heavy atom. The van der Waals surface area contributed by atoms with Gasteiger partial charge in [-0.2, -0.15) is 0 Å². The molecular formula is C14H24N2O. The van der Waals surface area contributed by atoms with E-state index in [-0.39, 0.29) is 6.04 Å². The first kappa shape index (κ1) is 14.0. The van der Waals surface area contributed by atoms with Crippen molar-refractivity contribution in [2.24, 2.45) is 11.7 Å². The first-order valence-corrected chi connectivity index (χ1v) is 6.07. The van der Waals surface area contributed by atoms with E-state index in [1.165, 1.54) is 16.7 Å². The summed E-state index contributed by atoms with van der Waals surface area (Å²) in [5.41, 5.74) is 9.49. The summed E-state index contributed by atoms with van der Waals surface area (Å²) in [7, 11) is 3.68. The zero-order valence-corrected chi connectivity index (χ0v) is 11.5. The van der Waals surface area contributed by atoms with Crippen LogP contribution in [-0.4, -0.2) is 20.7 Å². The fourth-order valence-electron chi connectivity index (χ4n) is 2.11. The summed E-state index contributed by atoms with van der Waals surface area (Å²) in [6.45, 7) is 7.03. The fourth-order valence-corrected chi connectivity index (χ4v) is 2.11. The standard InChI is InChI=1S/C14H24N2O/c1-9-6-12(13(17-5)7-10(9)2)14(16-4)11(3)8-15/h6-7,11,14,16H,8,15H2,1-5H3. The molecule has 0 amide bonds. The molecule has 0 heterocycles. The molecule has 0 saturated heterocycles. The third-order valence-corrected chi connectivity index (χ3v) is 3.43. The maximum atomic E-state index is 5.76. The van der Waals surface area contributed by atoms with Crippen LogP contribution in [0.3, 0.4) is 0 Å². The van der Waals surface area contributed by atoms with Gasteiger partial charge < -0.3 is 15.8 Å². The van der Waals surface area contributed by atoms with Gasteiger partial charge in [0.25, 0.3) is 0 Å². The molecule has 0 spiro atoms. The Kier molecular flexibility index (Phi) is 4.97. The van der Waals surface area contributed by atoms with Crippen molar-refractivity contribution in [1.82, 2.24) is 5.32 Å². The first-order chi connectivity index (χ1) is 8.04. The molecule has 0 aliphatic rings. The van der Waals surface area contributed by atoms with Gasteiger partial charge in [-0.05, 0) is 50.6 Å². The zero-order valence-electron chi connectivity index (χ0n) is 11.5. The minimum Gasteiger partial charge on any atom is -0.496 e. The van der Waals surface area contributed by atoms with E-state index in [9.17, 15) is 0 Å². The van der Waals surface area contributed by atoms with E-state index in [2.05, 4.69) is 38.2 Å². The molecule has 0 radical (unpaired) electrons. The van der Waals surface area contributed by atoms with Gasteiger partial charge in [0.1, 0.15) is 5.75 Å². The highest BCUT2D eigenvalue weighted by molar-refractivity contribution is 5.43. The molecule has 96 valence electrons. The predicted octanol–water partition coefficient (Wildman–Crippen LogP) is 2.17. The molecule has 17 heavy (non-hydrogen) atoms. The number of methoxy groups -OCH3 is 1. The van der Waals surface area contributed by atoms with Crippen LogP contribution in [0.5, 0.6) is 5.75 Å². The molecule has 0 bridgehead atoms. The van der Waals surface area contributed by atoms with Crippen molar-refractivity contribution < 1.29 is 4.74 Å². The highest BCUT2D eigenvalue weighted by Crippen LogP contribution is 2.32. The van der Waals surface area contributed by atoms with Crippen LogP contribution in [0.1, 0.15) is 29.7 Å². The minimum absolute atomic E-state index is 0.231. The van der Waals surface area contributed by atoms with Crippen LogP contribution >= 0.6 is 0 Å². The van der Waals surface area contributed by atoms with E-state index in [0.717, 1.165) is 5.75 Å². The Balaban J connectivity index is 3.22. The zero-order chi connectivity index (χ0) is 13.0.